The number of nitro benzene ring substituents is 1. The van der Waals surface area contributed by atoms with Crippen LogP contribution in [0.25, 0.3) is 0 Å². The molecule has 0 saturated carbocycles. The summed E-state index contributed by atoms with van der Waals surface area (Å²) < 4.78 is 4.41. The lowest BCUT2D eigenvalue weighted by Gasteiger charge is -1.99. The molecule has 1 rings (SSSR count). The van der Waals surface area contributed by atoms with Crippen LogP contribution in [0.4, 0.5) is 11.4 Å². The zero-order chi connectivity index (χ0) is 9.84. The smallest absolute Gasteiger partial charge is 0.298 e. The van der Waals surface area contributed by atoms with Crippen molar-refractivity contribution in [1.82, 2.24) is 0 Å². The van der Waals surface area contributed by atoms with Gasteiger partial charge in [-0.2, -0.15) is 0 Å². The van der Waals surface area contributed by atoms with Gasteiger partial charge in [0.25, 0.3) is 12.2 Å². The minimum absolute atomic E-state index is 0.0308. The summed E-state index contributed by atoms with van der Waals surface area (Å²) in [7, 11) is 0. The van der Waals surface area contributed by atoms with E-state index >= 15 is 0 Å². The first-order valence-corrected chi connectivity index (χ1v) is 3.29. The fourth-order valence-electron chi connectivity index (χ4n) is 0.810. The maximum atomic E-state index is 10.4. The highest BCUT2D eigenvalue weighted by molar-refractivity contribution is 5.62. The molecule has 0 radical (unpaired) electrons. The van der Waals surface area contributed by atoms with Gasteiger partial charge < -0.3 is 10.5 Å². The van der Waals surface area contributed by atoms with Gasteiger partial charge in [-0.15, -0.1) is 0 Å². The molecule has 6 heteroatoms. The van der Waals surface area contributed by atoms with Crippen molar-refractivity contribution in [3.05, 3.63) is 28.3 Å². The first kappa shape index (κ1) is 8.98. The molecular formula is C7H6N2O4. The van der Waals surface area contributed by atoms with Gasteiger partial charge in [0.1, 0.15) is 11.4 Å². The average molecular weight is 182 g/mol. The Hall–Kier alpha value is -2.11. The Labute approximate surface area is 73.1 Å². The third-order valence-electron chi connectivity index (χ3n) is 1.38. The van der Waals surface area contributed by atoms with Crippen LogP contribution in [0.3, 0.4) is 0 Å². The molecule has 0 aliphatic heterocycles. The van der Waals surface area contributed by atoms with E-state index < -0.39 is 4.92 Å². The Kier molecular flexibility index (Phi) is 2.44. The number of nitrogens with two attached hydrogens (primary N) is 1. The molecule has 68 valence electrons. The van der Waals surface area contributed by atoms with Crippen molar-refractivity contribution in [3.63, 3.8) is 0 Å². The van der Waals surface area contributed by atoms with Gasteiger partial charge in [0.15, 0.2) is 0 Å². The maximum absolute atomic E-state index is 10.4. The number of anilines is 1. The number of ether oxygens (including phenoxy) is 1. The number of hydrogen-bond acceptors (Lipinski definition) is 5. The summed E-state index contributed by atoms with van der Waals surface area (Å²) >= 11 is 0. The number of nitro groups is 1. The van der Waals surface area contributed by atoms with Gasteiger partial charge in [0.2, 0.25) is 0 Å². The molecule has 0 aliphatic carbocycles. The molecule has 0 aromatic heterocycles. The van der Waals surface area contributed by atoms with Crippen LogP contribution in [-0.2, 0) is 4.79 Å². The Bertz CT molecular complexity index is 350. The Morgan fingerprint density at radius 3 is 2.77 bits per heavy atom. The average Bonchev–Trinajstić information content (AvgIpc) is 2.08. The Morgan fingerprint density at radius 2 is 2.23 bits per heavy atom. The third kappa shape index (κ3) is 1.92. The second-order valence-electron chi connectivity index (χ2n) is 2.19. The predicted molar refractivity (Wildman–Crippen MR) is 44.2 cm³/mol. The largest absolute Gasteiger partial charge is 0.428 e. The number of nitrogen functional groups attached to an aromatic ring is 1. The number of hydrogen-bond donors (Lipinski definition) is 1. The maximum Gasteiger partial charge on any atom is 0.298 e. The molecule has 13 heavy (non-hydrogen) atoms. The normalized spacial score (nSPS) is 9.23. The van der Waals surface area contributed by atoms with E-state index in [2.05, 4.69) is 4.74 Å². The summed E-state index contributed by atoms with van der Waals surface area (Å²) in [5.74, 6) is 0.0934. The lowest BCUT2D eigenvalue weighted by atomic mass is 10.2. The molecule has 0 spiro atoms. The molecule has 0 atom stereocenters. The second kappa shape index (κ2) is 3.53. The number of benzene rings is 1. The molecule has 1 aromatic carbocycles. The third-order valence-corrected chi connectivity index (χ3v) is 1.38. The molecule has 0 amide bonds. The van der Waals surface area contributed by atoms with Crippen LogP contribution >= 0.6 is 0 Å². The van der Waals surface area contributed by atoms with Crippen LogP contribution in [0.2, 0.25) is 0 Å². The standard InChI is InChI=1S/C7H6N2O4/c8-6-2-1-5(13-4-10)3-7(6)9(11)12/h1-4H,8H2. The Balaban J connectivity index is 3.10. The van der Waals surface area contributed by atoms with Crippen molar-refractivity contribution in [1.29, 1.82) is 0 Å². The molecule has 2 N–H and O–H groups in total. The summed E-state index contributed by atoms with van der Waals surface area (Å²) in [4.78, 5) is 19.6. The van der Waals surface area contributed by atoms with E-state index in [1.54, 1.807) is 0 Å². The predicted octanol–water partition coefficient (Wildman–Crippen LogP) is 0.712. The van der Waals surface area contributed by atoms with Crippen molar-refractivity contribution in [2.45, 2.75) is 0 Å². The van der Waals surface area contributed by atoms with Crippen LogP contribution < -0.4 is 10.5 Å². The first-order valence-electron chi connectivity index (χ1n) is 3.29. The van der Waals surface area contributed by atoms with Gasteiger partial charge in [-0.25, -0.2) is 0 Å². The fourth-order valence-corrected chi connectivity index (χ4v) is 0.810. The number of rotatable bonds is 3. The van der Waals surface area contributed by atoms with Crippen LogP contribution in [0.5, 0.6) is 5.75 Å². The van der Waals surface area contributed by atoms with E-state index in [4.69, 9.17) is 5.73 Å². The molecule has 1 aromatic rings. The molecule has 0 unspecified atom stereocenters. The molecule has 6 nitrogen and oxygen atoms in total. The number of carbonyl (C=O) groups excluding carboxylic acids is 1. The van der Waals surface area contributed by atoms with Crippen LogP contribution in [0, 0.1) is 10.1 Å². The number of carbonyl (C=O) groups is 1. The van der Waals surface area contributed by atoms with Crippen molar-refractivity contribution < 1.29 is 14.5 Å². The topological polar surface area (TPSA) is 95.5 Å². The van der Waals surface area contributed by atoms with Crippen LogP contribution in [0.15, 0.2) is 18.2 Å². The summed E-state index contributed by atoms with van der Waals surface area (Å²) in [5.41, 5.74) is 5.05. The summed E-state index contributed by atoms with van der Waals surface area (Å²) in [5, 5.41) is 10.4. The summed E-state index contributed by atoms with van der Waals surface area (Å²) in [6, 6.07) is 3.76. The molecule has 0 saturated heterocycles. The van der Waals surface area contributed by atoms with E-state index in [-0.39, 0.29) is 23.6 Å². The number of nitrogens with zero attached hydrogens (tertiary/aromatic N) is 1. The zero-order valence-corrected chi connectivity index (χ0v) is 6.47. The quantitative estimate of drug-likeness (QED) is 0.321. The van der Waals surface area contributed by atoms with Crippen molar-refractivity contribution in [2.24, 2.45) is 0 Å². The van der Waals surface area contributed by atoms with Crippen molar-refractivity contribution in [2.75, 3.05) is 5.73 Å². The Morgan fingerprint density at radius 1 is 1.54 bits per heavy atom. The van der Waals surface area contributed by atoms with E-state index in [1.165, 1.54) is 12.1 Å². The lowest BCUT2D eigenvalue weighted by Crippen LogP contribution is -1.96. The van der Waals surface area contributed by atoms with E-state index in [9.17, 15) is 14.9 Å². The minimum atomic E-state index is -0.646. The molecule has 0 aliphatic rings. The van der Waals surface area contributed by atoms with Crippen LogP contribution in [0.1, 0.15) is 0 Å². The summed E-state index contributed by atoms with van der Waals surface area (Å²) in [6.07, 6.45) is 0. The fraction of sp³-hybridized carbons (Fsp3) is 0. The van der Waals surface area contributed by atoms with E-state index in [0.717, 1.165) is 6.07 Å². The van der Waals surface area contributed by atoms with Gasteiger partial charge in [-0.1, -0.05) is 0 Å². The SMILES string of the molecule is Nc1ccc(OC=O)cc1[N+](=O)[O-]. The van der Waals surface area contributed by atoms with Gasteiger partial charge in [-0.05, 0) is 12.1 Å². The minimum Gasteiger partial charge on any atom is -0.428 e. The van der Waals surface area contributed by atoms with Gasteiger partial charge in [0, 0.05) is 0 Å². The monoisotopic (exact) mass is 182 g/mol. The van der Waals surface area contributed by atoms with E-state index in [0.29, 0.717) is 0 Å². The van der Waals surface area contributed by atoms with Crippen molar-refractivity contribution >= 4 is 17.8 Å². The van der Waals surface area contributed by atoms with Crippen LogP contribution in [-0.4, -0.2) is 11.4 Å². The van der Waals surface area contributed by atoms with Crippen molar-refractivity contribution in [3.8, 4) is 5.75 Å². The second-order valence-corrected chi connectivity index (χ2v) is 2.19. The van der Waals surface area contributed by atoms with E-state index in [1.807, 2.05) is 0 Å². The van der Waals surface area contributed by atoms with Gasteiger partial charge in [0.05, 0.1) is 11.0 Å². The molecule has 0 heterocycles. The molecular weight excluding hydrogens is 176 g/mol. The van der Waals surface area contributed by atoms with Gasteiger partial charge >= 0.3 is 0 Å². The lowest BCUT2D eigenvalue weighted by molar-refractivity contribution is -0.383. The summed E-state index contributed by atoms with van der Waals surface area (Å²) in [6.45, 7) is 0.190. The highest BCUT2D eigenvalue weighted by Crippen LogP contribution is 2.25. The molecule has 0 bridgehead atoms. The first-order chi connectivity index (χ1) is 6.15. The highest BCUT2D eigenvalue weighted by Gasteiger charge is 2.11. The van der Waals surface area contributed by atoms with Gasteiger partial charge in [-0.3, -0.25) is 14.9 Å². The highest BCUT2D eigenvalue weighted by atomic mass is 16.6. The zero-order valence-electron chi connectivity index (χ0n) is 6.47. The molecule has 0 fully saturated rings.